The van der Waals surface area contributed by atoms with Gasteiger partial charge >= 0.3 is 0 Å². The number of rotatable bonds is 6. The molecule has 2 aromatic carbocycles. The minimum Gasteiger partial charge on any atom is -0.312 e. The average molecular weight is 447 g/mol. The summed E-state index contributed by atoms with van der Waals surface area (Å²) in [5.74, 6) is 0.687. The first-order valence-electron chi connectivity index (χ1n) is 8.86. The molecule has 0 atom stereocenters. The fourth-order valence-electron chi connectivity index (χ4n) is 3.07. The molecule has 0 aliphatic carbocycles. The van der Waals surface area contributed by atoms with Crippen LogP contribution in [-0.2, 0) is 27.0 Å². The minimum atomic E-state index is -3.78. The van der Waals surface area contributed by atoms with Crippen molar-refractivity contribution >= 4 is 49.8 Å². The van der Waals surface area contributed by atoms with E-state index in [0.29, 0.717) is 17.3 Å². The van der Waals surface area contributed by atoms with Crippen LogP contribution in [0.1, 0.15) is 18.1 Å². The molecule has 0 bridgehead atoms. The second-order valence-corrected chi connectivity index (χ2v) is 10.3. The van der Waals surface area contributed by atoms with Crippen molar-refractivity contribution in [3.8, 4) is 0 Å². The highest BCUT2D eigenvalue weighted by Crippen LogP contribution is 2.32. The summed E-state index contributed by atoms with van der Waals surface area (Å²) in [6, 6.07) is 14.8. The Morgan fingerprint density at radius 3 is 2.76 bits per heavy atom. The van der Waals surface area contributed by atoms with Crippen molar-refractivity contribution in [2.24, 2.45) is 0 Å². The van der Waals surface area contributed by atoms with Gasteiger partial charge in [0.2, 0.25) is 11.0 Å². The molecular formula is C19H18N4O3S3. The van der Waals surface area contributed by atoms with Gasteiger partial charge < -0.3 is 4.90 Å². The largest absolute Gasteiger partial charge is 0.312 e. The Labute approximate surface area is 177 Å². The Hall–Kier alpha value is -2.43. The number of hydrogen-bond acceptors (Lipinski definition) is 7. The van der Waals surface area contributed by atoms with E-state index in [4.69, 9.17) is 0 Å². The topological polar surface area (TPSA) is 92.3 Å². The summed E-state index contributed by atoms with van der Waals surface area (Å²) >= 11 is 2.71. The number of sulfonamides is 1. The first kappa shape index (κ1) is 19.9. The maximum Gasteiger partial charge on any atom is 0.263 e. The van der Waals surface area contributed by atoms with Crippen LogP contribution in [0.5, 0.6) is 0 Å². The fraction of sp³-hybridized carbons (Fsp3) is 0.211. The van der Waals surface area contributed by atoms with Crippen LogP contribution < -0.4 is 9.62 Å². The highest BCUT2D eigenvalue weighted by Gasteiger charge is 2.25. The standard InChI is InChI=1S/C19H18N4O3S3/c1-13(24)23-10-9-15-11-16(7-8-17(15)23)29(25,26)22-18-20-21-19(28-18)27-12-14-5-3-2-4-6-14/h2-8,11H,9-10,12H2,1H3,(H,20,22). The molecule has 0 radical (unpaired) electrons. The van der Waals surface area contributed by atoms with Gasteiger partial charge in [0.15, 0.2) is 4.34 Å². The van der Waals surface area contributed by atoms with E-state index < -0.39 is 10.0 Å². The molecule has 150 valence electrons. The van der Waals surface area contributed by atoms with Crippen molar-refractivity contribution in [1.29, 1.82) is 0 Å². The van der Waals surface area contributed by atoms with Gasteiger partial charge in [-0.05, 0) is 35.7 Å². The molecule has 0 saturated heterocycles. The maximum absolute atomic E-state index is 12.7. The molecule has 1 amide bonds. The van der Waals surface area contributed by atoms with Crippen molar-refractivity contribution in [2.45, 2.75) is 28.3 Å². The number of anilines is 2. The summed E-state index contributed by atoms with van der Waals surface area (Å²) in [6.45, 7) is 2.07. The molecule has 2 heterocycles. The Morgan fingerprint density at radius 1 is 1.21 bits per heavy atom. The van der Waals surface area contributed by atoms with Crippen molar-refractivity contribution in [2.75, 3.05) is 16.2 Å². The fourth-order valence-corrected chi connectivity index (χ4v) is 6.06. The molecule has 3 aromatic rings. The van der Waals surface area contributed by atoms with Gasteiger partial charge in [-0.25, -0.2) is 8.42 Å². The Bertz CT molecular complexity index is 1150. The predicted octanol–water partition coefficient (Wildman–Crippen LogP) is 3.54. The highest BCUT2D eigenvalue weighted by atomic mass is 32.2. The summed E-state index contributed by atoms with van der Waals surface area (Å²) in [4.78, 5) is 13.5. The van der Waals surface area contributed by atoms with Gasteiger partial charge in [-0.2, -0.15) is 0 Å². The zero-order valence-corrected chi connectivity index (χ0v) is 18.0. The number of aromatic nitrogens is 2. The van der Waals surface area contributed by atoms with E-state index >= 15 is 0 Å². The molecule has 1 aliphatic rings. The molecule has 29 heavy (non-hydrogen) atoms. The smallest absolute Gasteiger partial charge is 0.263 e. The van der Waals surface area contributed by atoms with E-state index in [2.05, 4.69) is 14.9 Å². The Morgan fingerprint density at radius 2 is 2.00 bits per heavy atom. The van der Waals surface area contributed by atoms with Crippen LogP contribution in [0.25, 0.3) is 0 Å². The normalized spacial score (nSPS) is 13.3. The summed E-state index contributed by atoms with van der Waals surface area (Å²) in [7, 11) is -3.78. The van der Waals surface area contributed by atoms with E-state index in [-0.39, 0.29) is 15.9 Å². The van der Waals surface area contributed by atoms with Crippen LogP contribution in [0.15, 0.2) is 57.8 Å². The third-order valence-corrected chi connectivity index (χ3v) is 7.98. The molecular weight excluding hydrogens is 428 g/mol. The molecule has 1 aliphatic heterocycles. The third-order valence-electron chi connectivity index (χ3n) is 4.47. The average Bonchev–Trinajstić information content (AvgIpc) is 3.33. The molecule has 0 spiro atoms. The summed E-state index contributed by atoms with van der Waals surface area (Å²) < 4.78 is 28.7. The van der Waals surface area contributed by atoms with Crippen LogP contribution in [0.2, 0.25) is 0 Å². The number of fused-ring (bicyclic) bond motifs is 1. The highest BCUT2D eigenvalue weighted by molar-refractivity contribution is 8.00. The monoisotopic (exact) mass is 446 g/mol. The minimum absolute atomic E-state index is 0.0492. The first-order chi connectivity index (χ1) is 13.9. The number of hydrogen-bond donors (Lipinski definition) is 1. The third kappa shape index (κ3) is 4.44. The number of benzene rings is 2. The SMILES string of the molecule is CC(=O)N1CCc2cc(S(=O)(=O)Nc3nnc(SCc4ccccc4)s3)ccc21. The van der Waals surface area contributed by atoms with E-state index in [0.717, 1.165) is 22.6 Å². The van der Waals surface area contributed by atoms with Gasteiger partial charge in [-0.3, -0.25) is 9.52 Å². The lowest BCUT2D eigenvalue weighted by Gasteiger charge is -2.14. The zero-order valence-electron chi connectivity index (χ0n) is 15.5. The zero-order chi connectivity index (χ0) is 20.4. The number of thioether (sulfide) groups is 1. The molecule has 0 saturated carbocycles. The van der Waals surface area contributed by atoms with E-state index in [1.807, 2.05) is 30.3 Å². The lowest BCUT2D eigenvalue weighted by molar-refractivity contribution is -0.116. The van der Waals surface area contributed by atoms with Crippen LogP contribution in [-0.4, -0.2) is 31.1 Å². The number of nitrogens with zero attached hydrogens (tertiary/aromatic N) is 3. The lowest BCUT2D eigenvalue weighted by Crippen LogP contribution is -2.25. The van der Waals surface area contributed by atoms with Crippen LogP contribution in [0.4, 0.5) is 10.8 Å². The predicted molar refractivity (Wildman–Crippen MR) is 115 cm³/mol. The van der Waals surface area contributed by atoms with E-state index in [1.54, 1.807) is 17.0 Å². The molecule has 1 N–H and O–H groups in total. The summed E-state index contributed by atoms with van der Waals surface area (Å²) in [5.41, 5.74) is 2.78. The first-order valence-corrected chi connectivity index (χ1v) is 12.1. The molecule has 7 nitrogen and oxygen atoms in total. The van der Waals surface area contributed by atoms with Crippen molar-refractivity contribution in [3.63, 3.8) is 0 Å². The van der Waals surface area contributed by atoms with Gasteiger partial charge in [0.25, 0.3) is 10.0 Å². The van der Waals surface area contributed by atoms with Gasteiger partial charge in [0.05, 0.1) is 4.90 Å². The van der Waals surface area contributed by atoms with Gasteiger partial charge in [-0.1, -0.05) is 53.4 Å². The van der Waals surface area contributed by atoms with E-state index in [9.17, 15) is 13.2 Å². The lowest BCUT2D eigenvalue weighted by atomic mass is 10.2. The van der Waals surface area contributed by atoms with Crippen LogP contribution >= 0.6 is 23.1 Å². The Balaban J connectivity index is 1.45. The van der Waals surface area contributed by atoms with Gasteiger partial charge in [0.1, 0.15) is 0 Å². The molecule has 1 aromatic heterocycles. The van der Waals surface area contributed by atoms with Crippen LogP contribution in [0, 0.1) is 0 Å². The number of carbonyl (C=O) groups excluding carboxylic acids is 1. The van der Waals surface area contributed by atoms with E-state index in [1.165, 1.54) is 36.1 Å². The summed E-state index contributed by atoms with van der Waals surface area (Å²) in [6.07, 6.45) is 0.636. The maximum atomic E-state index is 12.7. The van der Waals surface area contributed by atoms with Crippen LogP contribution in [0.3, 0.4) is 0 Å². The second kappa shape index (κ2) is 8.13. The molecule has 10 heteroatoms. The number of carbonyl (C=O) groups is 1. The van der Waals surface area contributed by atoms with Gasteiger partial charge in [0, 0.05) is 24.9 Å². The van der Waals surface area contributed by atoms with Gasteiger partial charge in [-0.15, -0.1) is 10.2 Å². The Kier molecular flexibility index (Phi) is 5.57. The molecule has 0 unspecified atom stereocenters. The summed E-state index contributed by atoms with van der Waals surface area (Å²) in [5, 5.41) is 8.24. The molecule has 4 rings (SSSR count). The molecule has 0 fully saturated rings. The number of amides is 1. The van der Waals surface area contributed by atoms with Crippen molar-refractivity contribution < 1.29 is 13.2 Å². The quantitative estimate of drug-likeness (QED) is 0.582. The second-order valence-electron chi connectivity index (χ2n) is 6.46. The number of nitrogens with one attached hydrogen (secondary N) is 1. The van der Waals surface area contributed by atoms with Crippen molar-refractivity contribution in [3.05, 3.63) is 59.7 Å². The van der Waals surface area contributed by atoms with Crippen molar-refractivity contribution in [1.82, 2.24) is 10.2 Å².